The van der Waals surface area contributed by atoms with Crippen LogP contribution in [-0.2, 0) is 32.1 Å². The van der Waals surface area contributed by atoms with Crippen LogP contribution >= 0.6 is 0 Å². The van der Waals surface area contributed by atoms with Crippen molar-refractivity contribution in [2.45, 2.75) is 43.5 Å². The summed E-state index contributed by atoms with van der Waals surface area (Å²) in [5.41, 5.74) is 2.62. The molecule has 0 aromatic heterocycles. The minimum Gasteiger partial charge on any atom is -0.467 e. The van der Waals surface area contributed by atoms with Crippen LogP contribution in [0.5, 0.6) is 0 Å². The van der Waals surface area contributed by atoms with E-state index in [1.807, 2.05) is 91.0 Å². The van der Waals surface area contributed by atoms with Crippen molar-refractivity contribution in [3.8, 4) is 0 Å². The van der Waals surface area contributed by atoms with Crippen LogP contribution in [0.4, 0.5) is 4.79 Å². The highest BCUT2D eigenvalue weighted by atomic mass is 16.5. The Hall–Kier alpha value is -4.39. The fourth-order valence-corrected chi connectivity index (χ4v) is 4.97. The Morgan fingerprint density at radius 3 is 2.11 bits per heavy atom. The van der Waals surface area contributed by atoms with Gasteiger partial charge >= 0.3 is 12.1 Å². The lowest BCUT2D eigenvalue weighted by molar-refractivity contribution is -0.152. The molecule has 7 nitrogen and oxygen atoms in total. The van der Waals surface area contributed by atoms with Gasteiger partial charge in [0.05, 0.1) is 13.2 Å². The van der Waals surface area contributed by atoms with Crippen LogP contribution in [0, 0.1) is 0 Å². The predicted molar refractivity (Wildman–Crippen MR) is 144 cm³/mol. The third-order valence-corrected chi connectivity index (χ3v) is 6.82. The third-order valence-electron chi connectivity index (χ3n) is 6.82. The van der Waals surface area contributed by atoms with Crippen LogP contribution in [-0.4, -0.2) is 48.1 Å². The topological polar surface area (TPSA) is 84.9 Å². The Bertz CT molecular complexity index is 1230. The molecule has 4 rings (SSSR count). The maximum Gasteiger partial charge on any atom is 0.408 e. The van der Waals surface area contributed by atoms with Crippen molar-refractivity contribution in [1.29, 1.82) is 0 Å². The molecular formula is C31H32N2O5. The summed E-state index contributed by atoms with van der Waals surface area (Å²) in [6, 6.07) is 26.0. The van der Waals surface area contributed by atoms with Crippen LogP contribution in [0.25, 0.3) is 0 Å². The molecule has 1 aliphatic rings. The van der Waals surface area contributed by atoms with E-state index in [-0.39, 0.29) is 18.9 Å². The summed E-state index contributed by atoms with van der Waals surface area (Å²) < 4.78 is 10.6. The lowest BCUT2D eigenvalue weighted by Crippen LogP contribution is -2.55. The summed E-state index contributed by atoms with van der Waals surface area (Å²) in [5, 5.41) is 2.75. The molecule has 0 spiro atoms. The molecule has 1 aliphatic heterocycles. The van der Waals surface area contributed by atoms with Gasteiger partial charge in [-0.1, -0.05) is 97.1 Å². The van der Waals surface area contributed by atoms with Gasteiger partial charge in [0.1, 0.15) is 18.7 Å². The van der Waals surface area contributed by atoms with E-state index in [1.165, 1.54) is 12.0 Å². The molecule has 196 valence electrons. The Balaban J connectivity index is 1.61. The van der Waals surface area contributed by atoms with Crippen molar-refractivity contribution in [3.05, 3.63) is 120 Å². The second-order valence-electron chi connectivity index (χ2n) is 9.22. The summed E-state index contributed by atoms with van der Waals surface area (Å²) in [7, 11) is 1.31. The standard InChI is InChI=1S/C31H32N2O5/c1-3-25-20-26(24-17-11-6-12-18-24)28(30(35)37-2)33(25)29(34)27(19-22-13-7-4-8-14-22)32-31(36)38-21-23-15-9-5-10-16-23/h3-18,25-28H,1,19-21H2,2H3,(H,32,36)/t25-,26+,27-,28-/m0/s1. The molecule has 3 aromatic carbocycles. The number of nitrogens with one attached hydrogen (secondary N) is 1. The van der Waals surface area contributed by atoms with E-state index in [0.29, 0.717) is 6.42 Å². The number of esters is 1. The number of alkyl carbamates (subject to hydrolysis) is 1. The van der Waals surface area contributed by atoms with Crippen molar-refractivity contribution in [3.63, 3.8) is 0 Å². The zero-order chi connectivity index (χ0) is 26.9. The number of amides is 2. The summed E-state index contributed by atoms with van der Waals surface area (Å²) in [6.07, 6.45) is 1.69. The molecule has 0 saturated carbocycles. The monoisotopic (exact) mass is 512 g/mol. The smallest absolute Gasteiger partial charge is 0.408 e. The van der Waals surface area contributed by atoms with Gasteiger partial charge in [0.25, 0.3) is 0 Å². The Morgan fingerprint density at radius 2 is 1.53 bits per heavy atom. The van der Waals surface area contributed by atoms with E-state index in [1.54, 1.807) is 6.08 Å². The number of nitrogens with zero attached hydrogens (tertiary/aromatic N) is 1. The highest BCUT2D eigenvalue weighted by Gasteiger charge is 2.49. The number of methoxy groups -OCH3 is 1. The molecule has 38 heavy (non-hydrogen) atoms. The summed E-state index contributed by atoms with van der Waals surface area (Å²) in [5.74, 6) is -1.19. The maximum absolute atomic E-state index is 14.1. The van der Waals surface area contributed by atoms with Gasteiger partial charge in [-0.15, -0.1) is 6.58 Å². The van der Waals surface area contributed by atoms with Gasteiger partial charge in [0.2, 0.25) is 5.91 Å². The van der Waals surface area contributed by atoms with E-state index in [9.17, 15) is 14.4 Å². The van der Waals surface area contributed by atoms with Gasteiger partial charge in [-0.2, -0.15) is 0 Å². The Kier molecular flexibility index (Phi) is 8.93. The average Bonchev–Trinajstić information content (AvgIpc) is 3.36. The third kappa shape index (κ3) is 6.29. The molecule has 1 heterocycles. The number of likely N-dealkylation sites (tertiary alicyclic amines) is 1. The van der Waals surface area contributed by atoms with Crippen molar-refractivity contribution in [2.24, 2.45) is 0 Å². The predicted octanol–water partition coefficient (Wildman–Crippen LogP) is 4.64. The first-order chi connectivity index (χ1) is 18.5. The van der Waals surface area contributed by atoms with Gasteiger partial charge < -0.3 is 19.7 Å². The molecule has 0 aliphatic carbocycles. The van der Waals surface area contributed by atoms with Gasteiger partial charge in [0.15, 0.2) is 0 Å². The van der Waals surface area contributed by atoms with E-state index >= 15 is 0 Å². The van der Waals surface area contributed by atoms with Crippen molar-refractivity contribution in [2.75, 3.05) is 7.11 Å². The van der Waals surface area contributed by atoms with Crippen LogP contribution in [0.3, 0.4) is 0 Å². The number of hydrogen-bond donors (Lipinski definition) is 1. The summed E-state index contributed by atoms with van der Waals surface area (Å²) >= 11 is 0. The second kappa shape index (κ2) is 12.7. The molecular weight excluding hydrogens is 480 g/mol. The molecule has 0 bridgehead atoms. The van der Waals surface area contributed by atoms with Crippen molar-refractivity contribution < 1.29 is 23.9 Å². The molecule has 1 fully saturated rings. The molecule has 1 N–H and O–H groups in total. The highest BCUT2D eigenvalue weighted by Crippen LogP contribution is 2.39. The summed E-state index contributed by atoms with van der Waals surface area (Å²) in [4.78, 5) is 41.6. The van der Waals surface area contributed by atoms with E-state index in [2.05, 4.69) is 11.9 Å². The summed E-state index contributed by atoms with van der Waals surface area (Å²) in [6.45, 7) is 4.00. The molecule has 2 amide bonds. The molecule has 0 unspecified atom stereocenters. The highest BCUT2D eigenvalue weighted by molar-refractivity contribution is 5.91. The van der Waals surface area contributed by atoms with E-state index < -0.39 is 36.1 Å². The maximum atomic E-state index is 14.1. The zero-order valence-corrected chi connectivity index (χ0v) is 21.4. The average molecular weight is 513 g/mol. The largest absolute Gasteiger partial charge is 0.467 e. The zero-order valence-electron chi connectivity index (χ0n) is 21.4. The van der Waals surface area contributed by atoms with Gasteiger partial charge in [-0.25, -0.2) is 9.59 Å². The lowest BCUT2D eigenvalue weighted by Gasteiger charge is -2.32. The van der Waals surface area contributed by atoms with Crippen molar-refractivity contribution >= 4 is 18.0 Å². The number of carbonyl (C=O) groups is 3. The second-order valence-corrected chi connectivity index (χ2v) is 9.22. The first-order valence-electron chi connectivity index (χ1n) is 12.6. The van der Waals surface area contributed by atoms with Gasteiger partial charge in [-0.05, 0) is 23.1 Å². The number of rotatable bonds is 9. The van der Waals surface area contributed by atoms with Crippen LogP contribution in [0.1, 0.15) is 29.0 Å². The number of carbonyl (C=O) groups excluding carboxylic acids is 3. The van der Waals surface area contributed by atoms with E-state index in [0.717, 1.165) is 16.7 Å². The number of hydrogen-bond acceptors (Lipinski definition) is 5. The van der Waals surface area contributed by atoms with Crippen molar-refractivity contribution in [1.82, 2.24) is 10.2 Å². The first kappa shape index (κ1) is 26.7. The quantitative estimate of drug-likeness (QED) is 0.334. The number of ether oxygens (including phenoxy) is 2. The minimum atomic E-state index is -0.968. The first-order valence-corrected chi connectivity index (χ1v) is 12.6. The number of benzene rings is 3. The molecule has 4 atom stereocenters. The van der Waals surface area contributed by atoms with Crippen LogP contribution < -0.4 is 5.32 Å². The fourth-order valence-electron chi connectivity index (χ4n) is 4.97. The normalized spacial score (nSPS) is 19.3. The van der Waals surface area contributed by atoms with Crippen LogP contribution in [0.2, 0.25) is 0 Å². The molecule has 1 saturated heterocycles. The fraction of sp³-hybridized carbons (Fsp3) is 0.258. The molecule has 3 aromatic rings. The molecule has 0 radical (unpaired) electrons. The van der Waals surface area contributed by atoms with Gasteiger partial charge in [-0.3, -0.25) is 4.79 Å². The van der Waals surface area contributed by atoms with E-state index in [4.69, 9.17) is 9.47 Å². The minimum absolute atomic E-state index is 0.0682. The Labute approximate surface area is 223 Å². The Morgan fingerprint density at radius 1 is 0.947 bits per heavy atom. The SMILES string of the molecule is C=C[C@H]1C[C@H](c2ccccc2)[C@@H](C(=O)OC)N1C(=O)[C@H](Cc1ccccc1)NC(=O)OCc1ccccc1. The van der Waals surface area contributed by atoms with Gasteiger partial charge in [0, 0.05) is 12.3 Å². The van der Waals surface area contributed by atoms with Crippen LogP contribution in [0.15, 0.2) is 104 Å². The lowest BCUT2D eigenvalue weighted by atomic mass is 9.90. The molecule has 7 heteroatoms.